The first kappa shape index (κ1) is 13.3. The number of imidazole rings is 1. The van der Waals surface area contributed by atoms with Gasteiger partial charge in [0.25, 0.3) is 0 Å². The minimum atomic E-state index is 0.294. The number of aromatic nitrogens is 2. The largest absolute Gasteiger partial charge is 0.311 e. The van der Waals surface area contributed by atoms with Gasteiger partial charge in [-0.05, 0) is 44.7 Å². The van der Waals surface area contributed by atoms with Crippen LogP contribution in [0.3, 0.4) is 0 Å². The maximum atomic E-state index is 4.78. The lowest BCUT2D eigenvalue weighted by molar-refractivity contribution is 0.0303. The van der Waals surface area contributed by atoms with Gasteiger partial charge >= 0.3 is 0 Å². The van der Waals surface area contributed by atoms with Crippen molar-refractivity contribution in [3.63, 3.8) is 0 Å². The van der Waals surface area contributed by atoms with Crippen LogP contribution in [0.25, 0.3) is 5.65 Å². The Kier molecular flexibility index (Phi) is 3.05. The molecule has 3 heterocycles. The molecule has 21 heavy (non-hydrogen) atoms. The van der Waals surface area contributed by atoms with Gasteiger partial charge in [0.05, 0.1) is 5.69 Å². The molecule has 4 heteroatoms. The molecule has 1 saturated heterocycles. The van der Waals surface area contributed by atoms with Gasteiger partial charge in [-0.3, -0.25) is 4.90 Å². The molecule has 1 aliphatic carbocycles. The van der Waals surface area contributed by atoms with Crippen LogP contribution in [0, 0.1) is 5.92 Å². The highest BCUT2D eigenvalue weighted by Gasteiger charge is 2.47. The van der Waals surface area contributed by atoms with Gasteiger partial charge in [0.15, 0.2) is 0 Å². The summed E-state index contributed by atoms with van der Waals surface area (Å²) in [5.41, 5.74) is 2.52. The minimum Gasteiger partial charge on any atom is -0.311 e. The molecule has 2 unspecified atom stereocenters. The average Bonchev–Trinajstić information content (AvgIpc) is 3.24. The maximum absolute atomic E-state index is 4.78. The lowest BCUT2D eigenvalue weighted by Crippen LogP contribution is -2.63. The fourth-order valence-corrected chi connectivity index (χ4v) is 3.71. The molecule has 4 nitrogen and oxygen atoms in total. The first-order chi connectivity index (χ1) is 10.1. The van der Waals surface area contributed by atoms with Crippen LogP contribution in [-0.2, 0) is 6.54 Å². The number of hydrogen-bond acceptors (Lipinski definition) is 3. The second kappa shape index (κ2) is 4.82. The van der Waals surface area contributed by atoms with Gasteiger partial charge in [0.2, 0.25) is 0 Å². The Morgan fingerprint density at radius 1 is 1.38 bits per heavy atom. The number of nitrogens with one attached hydrogen (secondary N) is 1. The third kappa shape index (κ3) is 2.36. The van der Waals surface area contributed by atoms with Crippen molar-refractivity contribution in [2.75, 3.05) is 13.1 Å². The van der Waals surface area contributed by atoms with E-state index < -0.39 is 0 Å². The Balaban J connectivity index is 1.60. The summed E-state index contributed by atoms with van der Waals surface area (Å²) in [5.74, 6) is 0.856. The molecule has 2 aromatic rings. The van der Waals surface area contributed by atoms with Crippen molar-refractivity contribution in [1.29, 1.82) is 0 Å². The predicted molar refractivity (Wildman–Crippen MR) is 84.2 cm³/mol. The predicted octanol–water partition coefficient (Wildman–Crippen LogP) is 2.30. The van der Waals surface area contributed by atoms with E-state index in [9.17, 15) is 0 Å². The smallest absolute Gasteiger partial charge is 0.137 e. The van der Waals surface area contributed by atoms with Crippen molar-refractivity contribution in [2.24, 2.45) is 5.92 Å². The Morgan fingerprint density at radius 3 is 3.00 bits per heavy atom. The molecule has 0 spiro atoms. The zero-order valence-corrected chi connectivity index (χ0v) is 12.9. The summed E-state index contributed by atoms with van der Waals surface area (Å²) in [5, 5.41) is 3.67. The van der Waals surface area contributed by atoms with E-state index in [1.165, 1.54) is 18.5 Å². The summed E-state index contributed by atoms with van der Waals surface area (Å²) in [6.45, 7) is 7.89. The lowest BCUT2D eigenvalue weighted by Gasteiger charge is -2.48. The molecule has 0 bridgehead atoms. The topological polar surface area (TPSA) is 32.6 Å². The highest BCUT2D eigenvalue weighted by molar-refractivity contribution is 5.39. The van der Waals surface area contributed by atoms with Gasteiger partial charge in [0, 0.05) is 43.6 Å². The third-order valence-corrected chi connectivity index (χ3v) is 5.25. The molecular weight excluding hydrogens is 260 g/mol. The van der Waals surface area contributed by atoms with Crippen molar-refractivity contribution in [1.82, 2.24) is 19.6 Å². The maximum Gasteiger partial charge on any atom is 0.137 e. The van der Waals surface area contributed by atoms with Gasteiger partial charge < -0.3 is 9.72 Å². The quantitative estimate of drug-likeness (QED) is 0.938. The van der Waals surface area contributed by atoms with Crippen LogP contribution in [0.15, 0.2) is 30.6 Å². The molecule has 2 aromatic heterocycles. The zero-order valence-electron chi connectivity index (χ0n) is 12.9. The molecule has 0 radical (unpaired) electrons. The molecular formula is C17H24N4. The van der Waals surface area contributed by atoms with E-state index in [1.54, 1.807) is 0 Å². The van der Waals surface area contributed by atoms with E-state index in [4.69, 9.17) is 4.98 Å². The first-order valence-corrected chi connectivity index (χ1v) is 8.06. The summed E-state index contributed by atoms with van der Waals surface area (Å²) in [4.78, 5) is 7.44. The highest BCUT2D eigenvalue weighted by Crippen LogP contribution is 2.44. The van der Waals surface area contributed by atoms with Crippen molar-refractivity contribution in [3.8, 4) is 0 Å². The summed E-state index contributed by atoms with van der Waals surface area (Å²) >= 11 is 0. The molecule has 1 saturated carbocycles. The van der Waals surface area contributed by atoms with E-state index in [1.807, 2.05) is 6.07 Å². The van der Waals surface area contributed by atoms with Crippen molar-refractivity contribution >= 4 is 5.65 Å². The Hall–Kier alpha value is -1.39. The fourth-order valence-electron chi connectivity index (χ4n) is 3.71. The first-order valence-electron chi connectivity index (χ1n) is 8.06. The number of fused-ring (bicyclic) bond motifs is 1. The Labute approximate surface area is 126 Å². The van der Waals surface area contributed by atoms with Gasteiger partial charge in [-0.25, -0.2) is 4.98 Å². The molecule has 2 aliphatic rings. The Morgan fingerprint density at radius 2 is 2.24 bits per heavy atom. The molecule has 2 fully saturated rings. The second-order valence-electron chi connectivity index (χ2n) is 6.99. The highest BCUT2D eigenvalue weighted by atomic mass is 15.3. The third-order valence-electron chi connectivity index (χ3n) is 5.25. The van der Waals surface area contributed by atoms with E-state index in [-0.39, 0.29) is 0 Å². The Bertz CT molecular complexity index is 612. The number of piperazine rings is 1. The monoisotopic (exact) mass is 284 g/mol. The fraction of sp³-hybridized carbons (Fsp3) is 0.588. The second-order valence-corrected chi connectivity index (χ2v) is 6.99. The normalized spacial score (nSPS) is 30.9. The van der Waals surface area contributed by atoms with Crippen molar-refractivity contribution in [2.45, 2.75) is 44.8 Å². The van der Waals surface area contributed by atoms with Gasteiger partial charge in [-0.1, -0.05) is 6.07 Å². The number of hydrogen-bond donors (Lipinski definition) is 1. The summed E-state index contributed by atoms with van der Waals surface area (Å²) in [6.07, 6.45) is 7.02. The summed E-state index contributed by atoms with van der Waals surface area (Å²) < 4.78 is 2.12. The van der Waals surface area contributed by atoms with Crippen molar-refractivity contribution < 1.29 is 0 Å². The molecule has 2 atom stereocenters. The van der Waals surface area contributed by atoms with Crippen LogP contribution >= 0.6 is 0 Å². The van der Waals surface area contributed by atoms with Crippen LogP contribution in [0.4, 0.5) is 0 Å². The molecule has 0 amide bonds. The van der Waals surface area contributed by atoms with Crippen LogP contribution in [0.5, 0.6) is 0 Å². The summed E-state index contributed by atoms with van der Waals surface area (Å²) in [7, 11) is 0. The molecule has 0 aromatic carbocycles. The summed E-state index contributed by atoms with van der Waals surface area (Å²) in [6, 6.07) is 6.74. The van der Waals surface area contributed by atoms with E-state index >= 15 is 0 Å². The standard InChI is InChI=1S/C17H24N4/c1-13-9-21(17(2,12-18-13)14-6-7-14)11-15-10-20-8-4-3-5-16(20)19-15/h3-5,8,10,13-14,18H,6-7,9,11-12H2,1-2H3. The number of nitrogens with zero attached hydrogens (tertiary/aromatic N) is 3. The lowest BCUT2D eigenvalue weighted by atomic mass is 9.89. The minimum absolute atomic E-state index is 0.294. The van der Waals surface area contributed by atoms with Gasteiger partial charge in [0.1, 0.15) is 5.65 Å². The SMILES string of the molecule is CC1CN(Cc2cn3ccccc3n2)C(C)(C2CC2)CN1. The number of rotatable bonds is 3. The molecule has 4 rings (SSSR count). The van der Waals surface area contributed by atoms with Crippen LogP contribution in [0.2, 0.25) is 0 Å². The molecule has 112 valence electrons. The molecule has 1 aliphatic heterocycles. The van der Waals surface area contributed by atoms with E-state index in [0.29, 0.717) is 11.6 Å². The van der Waals surface area contributed by atoms with Crippen LogP contribution < -0.4 is 5.32 Å². The zero-order chi connectivity index (χ0) is 14.4. The van der Waals surface area contributed by atoms with Gasteiger partial charge in [-0.15, -0.1) is 0 Å². The van der Waals surface area contributed by atoms with Crippen LogP contribution in [-0.4, -0.2) is 39.0 Å². The van der Waals surface area contributed by atoms with Crippen LogP contribution in [0.1, 0.15) is 32.4 Å². The van der Waals surface area contributed by atoms with E-state index in [2.05, 4.69) is 53.0 Å². The van der Waals surface area contributed by atoms with E-state index in [0.717, 1.165) is 31.2 Å². The average molecular weight is 284 g/mol. The molecule has 1 N–H and O–H groups in total. The van der Waals surface area contributed by atoms with Crippen molar-refractivity contribution in [3.05, 3.63) is 36.3 Å². The van der Waals surface area contributed by atoms with Gasteiger partial charge in [-0.2, -0.15) is 0 Å². The number of pyridine rings is 1.